The van der Waals surface area contributed by atoms with Gasteiger partial charge in [0.1, 0.15) is 11.7 Å². The molecule has 1 fully saturated rings. The molecular formula is C18H16FNO5. The number of furan rings is 1. The van der Waals surface area contributed by atoms with Gasteiger partial charge in [-0.3, -0.25) is 14.4 Å². The summed E-state index contributed by atoms with van der Waals surface area (Å²) in [5, 5.41) is 0. The van der Waals surface area contributed by atoms with Gasteiger partial charge >= 0.3 is 0 Å². The summed E-state index contributed by atoms with van der Waals surface area (Å²) in [5.41, 5.74) is 0.749. The molecule has 7 heteroatoms. The van der Waals surface area contributed by atoms with Gasteiger partial charge in [0.15, 0.2) is 17.3 Å². The number of halogens is 1. The molecule has 0 N–H and O–H groups in total. The highest BCUT2D eigenvalue weighted by Crippen LogP contribution is 2.23. The second-order valence-electron chi connectivity index (χ2n) is 5.88. The maximum atomic E-state index is 13.4. The number of ether oxygens (including phenoxy) is 1. The maximum absolute atomic E-state index is 13.4. The largest absolute Gasteiger partial charge is 0.494 e. The summed E-state index contributed by atoms with van der Waals surface area (Å²) in [5.74, 6) is -2.73. The zero-order valence-electron chi connectivity index (χ0n) is 13.7. The normalized spacial score (nSPS) is 17.2. The van der Waals surface area contributed by atoms with Crippen LogP contribution in [0.3, 0.4) is 0 Å². The third-order valence-corrected chi connectivity index (χ3v) is 4.15. The molecule has 1 unspecified atom stereocenters. The number of benzene rings is 1. The van der Waals surface area contributed by atoms with E-state index in [1.54, 1.807) is 18.2 Å². The molecule has 130 valence electrons. The van der Waals surface area contributed by atoms with E-state index in [1.165, 1.54) is 31.2 Å². The zero-order chi connectivity index (χ0) is 18.1. The Morgan fingerprint density at radius 3 is 2.72 bits per heavy atom. The Hall–Kier alpha value is -2.96. The number of rotatable bonds is 5. The number of likely N-dealkylation sites (tertiary alicyclic amines) is 1. The van der Waals surface area contributed by atoms with E-state index in [4.69, 9.17) is 9.15 Å². The summed E-state index contributed by atoms with van der Waals surface area (Å²) in [6.45, 7) is 0.0572. The first-order valence-corrected chi connectivity index (χ1v) is 7.65. The van der Waals surface area contributed by atoms with E-state index in [0.29, 0.717) is 12.2 Å². The lowest BCUT2D eigenvalue weighted by molar-refractivity contribution is -0.139. The molecule has 0 bridgehead atoms. The van der Waals surface area contributed by atoms with Crippen molar-refractivity contribution in [1.82, 2.24) is 4.90 Å². The number of hydrogen-bond donors (Lipinski definition) is 0. The van der Waals surface area contributed by atoms with Crippen LogP contribution < -0.4 is 4.74 Å². The first-order valence-electron chi connectivity index (χ1n) is 7.65. The summed E-state index contributed by atoms with van der Waals surface area (Å²) in [7, 11) is 2.85. The maximum Gasteiger partial charge on any atom is 0.290 e. The number of carbonyl (C=O) groups excluding carboxylic acids is 3. The average Bonchev–Trinajstić information content (AvgIpc) is 3.16. The van der Waals surface area contributed by atoms with Gasteiger partial charge in [-0.1, -0.05) is 6.07 Å². The molecule has 1 saturated heterocycles. The van der Waals surface area contributed by atoms with Crippen LogP contribution in [0.5, 0.6) is 5.75 Å². The number of hydrogen-bond acceptors (Lipinski definition) is 5. The van der Waals surface area contributed by atoms with Crippen molar-refractivity contribution in [1.29, 1.82) is 0 Å². The molecule has 0 spiro atoms. The molecular weight excluding hydrogens is 329 g/mol. The van der Waals surface area contributed by atoms with Crippen molar-refractivity contribution in [3.05, 3.63) is 53.2 Å². The van der Waals surface area contributed by atoms with Crippen molar-refractivity contribution in [2.75, 3.05) is 20.7 Å². The van der Waals surface area contributed by atoms with Crippen LogP contribution in [0.15, 0.2) is 34.7 Å². The minimum absolute atomic E-state index is 0.0329. The Morgan fingerprint density at radius 1 is 1.32 bits per heavy atom. The van der Waals surface area contributed by atoms with Gasteiger partial charge < -0.3 is 14.1 Å². The van der Waals surface area contributed by atoms with Crippen molar-refractivity contribution < 1.29 is 27.9 Å². The summed E-state index contributed by atoms with van der Waals surface area (Å²) >= 11 is 0. The summed E-state index contributed by atoms with van der Waals surface area (Å²) in [4.78, 5) is 37.0. The Labute approximate surface area is 143 Å². The van der Waals surface area contributed by atoms with Gasteiger partial charge in [-0.25, -0.2) is 4.39 Å². The van der Waals surface area contributed by atoms with Gasteiger partial charge in [0.05, 0.1) is 7.11 Å². The summed E-state index contributed by atoms with van der Waals surface area (Å²) in [6.07, 6.45) is 0.335. The molecule has 1 aliphatic rings. The van der Waals surface area contributed by atoms with Crippen LogP contribution in [-0.4, -0.2) is 43.1 Å². The van der Waals surface area contributed by atoms with Crippen LogP contribution in [0, 0.1) is 11.7 Å². The van der Waals surface area contributed by atoms with Crippen molar-refractivity contribution in [3.63, 3.8) is 0 Å². The third-order valence-electron chi connectivity index (χ3n) is 4.15. The Balaban J connectivity index is 1.75. The van der Waals surface area contributed by atoms with Crippen LogP contribution in [-0.2, 0) is 16.0 Å². The van der Waals surface area contributed by atoms with Crippen LogP contribution in [0.4, 0.5) is 4.39 Å². The lowest BCUT2D eigenvalue weighted by atomic mass is 10.0. The second kappa shape index (κ2) is 6.51. The molecule has 6 nitrogen and oxygen atoms in total. The summed E-state index contributed by atoms with van der Waals surface area (Å²) in [6, 6.07) is 7.54. The van der Waals surface area contributed by atoms with E-state index < -0.39 is 29.2 Å². The smallest absolute Gasteiger partial charge is 0.290 e. The van der Waals surface area contributed by atoms with Crippen LogP contribution >= 0.6 is 0 Å². The molecule has 0 aliphatic carbocycles. The SMILES string of the molecule is COc1cc(Cc2ccc(C(=O)C3CN(C)C(=O)C3=O)o2)ccc1F. The van der Waals surface area contributed by atoms with Gasteiger partial charge in [0.25, 0.3) is 5.91 Å². The fraction of sp³-hybridized carbons (Fsp3) is 0.278. The number of methoxy groups -OCH3 is 1. The van der Waals surface area contributed by atoms with Crippen molar-refractivity contribution in [2.24, 2.45) is 5.92 Å². The lowest BCUT2D eigenvalue weighted by Gasteiger charge is -2.06. The molecule has 3 rings (SSSR count). The molecule has 1 amide bonds. The fourth-order valence-corrected chi connectivity index (χ4v) is 2.77. The van der Waals surface area contributed by atoms with E-state index in [9.17, 15) is 18.8 Å². The Morgan fingerprint density at radius 2 is 2.08 bits per heavy atom. The minimum atomic E-state index is -1.03. The lowest BCUT2D eigenvalue weighted by Crippen LogP contribution is -2.23. The molecule has 1 aromatic carbocycles. The number of likely N-dealkylation sites (N-methyl/N-ethyl adjacent to an activating group) is 1. The topological polar surface area (TPSA) is 76.8 Å². The van der Waals surface area contributed by atoms with Gasteiger partial charge in [-0.2, -0.15) is 0 Å². The molecule has 25 heavy (non-hydrogen) atoms. The first-order chi connectivity index (χ1) is 11.9. The zero-order valence-corrected chi connectivity index (χ0v) is 13.7. The third kappa shape index (κ3) is 3.17. The van der Waals surface area contributed by atoms with Gasteiger partial charge in [0.2, 0.25) is 11.6 Å². The highest BCUT2D eigenvalue weighted by molar-refractivity contribution is 6.43. The number of carbonyl (C=O) groups is 3. The standard InChI is InChI=1S/C18H16FNO5/c1-20-9-12(17(22)18(20)23)16(21)14-6-4-11(25-14)7-10-3-5-13(19)15(8-10)24-2/h3-6,8,12H,7,9H2,1-2H3. The number of amides is 1. The number of Topliss-reactive ketones (excluding diaryl/α,β-unsaturated/α-hetero) is 2. The first kappa shape index (κ1) is 16.9. The monoisotopic (exact) mass is 345 g/mol. The summed E-state index contributed by atoms with van der Waals surface area (Å²) < 4.78 is 23.9. The van der Waals surface area contributed by atoms with Crippen molar-refractivity contribution in [3.8, 4) is 5.75 Å². The highest BCUT2D eigenvalue weighted by atomic mass is 19.1. The Kier molecular flexibility index (Phi) is 4.39. The van der Waals surface area contributed by atoms with E-state index in [-0.39, 0.29) is 18.1 Å². The van der Waals surface area contributed by atoms with Crippen LogP contribution in [0.1, 0.15) is 21.9 Å². The van der Waals surface area contributed by atoms with Crippen LogP contribution in [0.2, 0.25) is 0 Å². The Bertz CT molecular complexity index is 857. The number of ketones is 2. The predicted octanol–water partition coefficient (Wildman–Crippen LogP) is 1.86. The molecule has 1 aliphatic heterocycles. The van der Waals surface area contributed by atoms with Gasteiger partial charge in [0, 0.05) is 20.0 Å². The predicted molar refractivity (Wildman–Crippen MR) is 84.9 cm³/mol. The molecule has 2 aromatic rings. The van der Waals surface area contributed by atoms with E-state index >= 15 is 0 Å². The molecule has 0 radical (unpaired) electrons. The van der Waals surface area contributed by atoms with E-state index in [1.807, 2.05) is 0 Å². The van der Waals surface area contributed by atoms with Crippen LogP contribution in [0.25, 0.3) is 0 Å². The second-order valence-corrected chi connectivity index (χ2v) is 5.88. The average molecular weight is 345 g/mol. The number of nitrogens with zero attached hydrogens (tertiary/aromatic N) is 1. The van der Waals surface area contributed by atoms with Gasteiger partial charge in [-0.15, -0.1) is 0 Å². The molecule has 2 heterocycles. The molecule has 1 atom stereocenters. The van der Waals surface area contributed by atoms with Gasteiger partial charge in [-0.05, 0) is 29.8 Å². The van der Waals surface area contributed by atoms with E-state index in [0.717, 1.165) is 5.56 Å². The molecule has 0 saturated carbocycles. The minimum Gasteiger partial charge on any atom is -0.494 e. The van der Waals surface area contributed by atoms with Crippen molar-refractivity contribution in [2.45, 2.75) is 6.42 Å². The fourth-order valence-electron chi connectivity index (χ4n) is 2.77. The quantitative estimate of drug-likeness (QED) is 0.470. The van der Waals surface area contributed by atoms with E-state index in [2.05, 4.69) is 0 Å². The molecule has 1 aromatic heterocycles. The highest BCUT2D eigenvalue weighted by Gasteiger charge is 2.42. The van der Waals surface area contributed by atoms with Crippen molar-refractivity contribution >= 4 is 17.5 Å².